The average molecular weight is 266 g/mol. The summed E-state index contributed by atoms with van der Waals surface area (Å²) in [4.78, 5) is 2.33. The van der Waals surface area contributed by atoms with Crippen LogP contribution in [0.5, 0.6) is 5.75 Å². The summed E-state index contributed by atoms with van der Waals surface area (Å²) in [6, 6.07) is 8.61. The SMILES string of the molecule is COc1ccc(C(CN)N(CCCO)C(C)C)cc1. The molecule has 0 spiro atoms. The molecule has 0 aliphatic rings. The lowest BCUT2D eigenvalue weighted by Gasteiger charge is -2.34. The van der Waals surface area contributed by atoms with Gasteiger partial charge in [-0.25, -0.2) is 0 Å². The zero-order valence-corrected chi connectivity index (χ0v) is 12.2. The van der Waals surface area contributed by atoms with E-state index in [0.717, 1.165) is 18.7 Å². The number of aliphatic hydroxyl groups excluding tert-OH is 1. The molecule has 0 bridgehead atoms. The molecule has 0 saturated heterocycles. The Morgan fingerprint density at radius 3 is 2.32 bits per heavy atom. The van der Waals surface area contributed by atoms with E-state index in [1.54, 1.807) is 7.11 Å². The second kappa shape index (κ2) is 8.15. The van der Waals surface area contributed by atoms with E-state index in [1.807, 2.05) is 12.1 Å². The number of aliphatic hydroxyl groups is 1. The van der Waals surface area contributed by atoms with Gasteiger partial charge in [0.15, 0.2) is 0 Å². The summed E-state index contributed by atoms with van der Waals surface area (Å²) in [7, 11) is 1.66. The molecule has 0 radical (unpaired) electrons. The average Bonchev–Trinajstić information content (AvgIpc) is 2.43. The number of ether oxygens (including phenoxy) is 1. The van der Waals surface area contributed by atoms with Crippen molar-refractivity contribution in [2.75, 3.05) is 26.8 Å². The van der Waals surface area contributed by atoms with E-state index in [1.165, 1.54) is 5.56 Å². The zero-order chi connectivity index (χ0) is 14.3. The molecule has 0 heterocycles. The largest absolute Gasteiger partial charge is 0.497 e. The van der Waals surface area contributed by atoms with Gasteiger partial charge in [-0.1, -0.05) is 12.1 Å². The molecular formula is C15H26N2O2. The van der Waals surface area contributed by atoms with E-state index in [2.05, 4.69) is 30.9 Å². The quantitative estimate of drug-likeness (QED) is 0.753. The third-order valence-electron chi connectivity index (χ3n) is 3.36. The minimum atomic E-state index is 0.178. The molecule has 0 saturated carbocycles. The number of nitrogens with two attached hydrogens (primary N) is 1. The summed E-state index contributed by atoms with van der Waals surface area (Å²) in [6.45, 7) is 5.94. The maximum absolute atomic E-state index is 9.02. The van der Waals surface area contributed by atoms with Crippen LogP contribution in [0.1, 0.15) is 31.9 Å². The Bertz CT molecular complexity index is 352. The highest BCUT2D eigenvalue weighted by Gasteiger charge is 2.21. The van der Waals surface area contributed by atoms with Crippen molar-refractivity contribution in [1.29, 1.82) is 0 Å². The summed E-state index contributed by atoms with van der Waals surface area (Å²) in [5.74, 6) is 0.853. The van der Waals surface area contributed by atoms with Crippen LogP contribution in [0, 0.1) is 0 Å². The van der Waals surface area contributed by atoms with Gasteiger partial charge in [0.2, 0.25) is 0 Å². The van der Waals surface area contributed by atoms with Crippen LogP contribution in [0.2, 0.25) is 0 Å². The van der Waals surface area contributed by atoms with Crippen LogP contribution in [-0.4, -0.2) is 42.9 Å². The van der Waals surface area contributed by atoms with Crippen LogP contribution in [0.3, 0.4) is 0 Å². The maximum Gasteiger partial charge on any atom is 0.118 e. The third kappa shape index (κ3) is 4.49. The minimum Gasteiger partial charge on any atom is -0.497 e. The van der Waals surface area contributed by atoms with E-state index < -0.39 is 0 Å². The van der Waals surface area contributed by atoms with Gasteiger partial charge in [0, 0.05) is 31.8 Å². The van der Waals surface area contributed by atoms with Gasteiger partial charge < -0.3 is 15.6 Å². The fourth-order valence-electron chi connectivity index (χ4n) is 2.32. The fraction of sp³-hybridized carbons (Fsp3) is 0.600. The number of hydrogen-bond acceptors (Lipinski definition) is 4. The molecule has 108 valence electrons. The fourth-order valence-corrected chi connectivity index (χ4v) is 2.32. The summed E-state index contributed by atoms with van der Waals surface area (Å²) < 4.78 is 5.18. The normalized spacial score (nSPS) is 13.0. The van der Waals surface area contributed by atoms with E-state index in [-0.39, 0.29) is 12.6 Å². The van der Waals surface area contributed by atoms with Crippen molar-refractivity contribution >= 4 is 0 Å². The predicted molar refractivity (Wildman–Crippen MR) is 78.3 cm³/mol. The van der Waals surface area contributed by atoms with Crippen molar-refractivity contribution in [1.82, 2.24) is 4.90 Å². The van der Waals surface area contributed by atoms with Crippen LogP contribution in [0.4, 0.5) is 0 Å². The lowest BCUT2D eigenvalue weighted by molar-refractivity contribution is 0.141. The van der Waals surface area contributed by atoms with Crippen molar-refractivity contribution in [3.63, 3.8) is 0 Å². The predicted octanol–water partition coefficient (Wildman–Crippen LogP) is 1.79. The van der Waals surface area contributed by atoms with Crippen LogP contribution in [-0.2, 0) is 0 Å². The first-order valence-electron chi connectivity index (χ1n) is 6.84. The molecule has 0 aliphatic carbocycles. The monoisotopic (exact) mass is 266 g/mol. The second-order valence-corrected chi connectivity index (χ2v) is 4.93. The molecule has 1 aromatic rings. The molecule has 0 fully saturated rings. The van der Waals surface area contributed by atoms with E-state index in [4.69, 9.17) is 15.6 Å². The molecule has 0 amide bonds. The summed E-state index contributed by atoms with van der Waals surface area (Å²) >= 11 is 0. The van der Waals surface area contributed by atoms with E-state index >= 15 is 0 Å². The van der Waals surface area contributed by atoms with Gasteiger partial charge in [-0.05, 0) is 38.0 Å². The molecule has 0 aliphatic heterocycles. The smallest absolute Gasteiger partial charge is 0.118 e. The standard InChI is InChI=1S/C15H26N2O2/c1-12(2)17(9-4-10-18)15(11-16)13-5-7-14(19-3)8-6-13/h5-8,12,15,18H,4,9-11,16H2,1-3H3. The Labute approximate surface area is 116 Å². The third-order valence-corrected chi connectivity index (χ3v) is 3.36. The first kappa shape index (κ1) is 16.0. The van der Waals surface area contributed by atoms with Crippen molar-refractivity contribution in [2.45, 2.75) is 32.4 Å². The topological polar surface area (TPSA) is 58.7 Å². The van der Waals surface area contributed by atoms with E-state index in [9.17, 15) is 0 Å². The molecule has 1 unspecified atom stereocenters. The van der Waals surface area contributed by atoms with Crippen LogP contribution >= 0.6 is 0 Å². The molecule has 1 aromatic carbocycles. The summed E-state index contributed by atoms with van der Waals surface area (Å²) in [5.41, 5.74) is 7.14. The Hall–Kier alpha value is -1.10. The molecule has 1 atom stereocenters. The highest BCUT2D eigenvalue weighted by Crippen LogP contribution is 2.24. The molecule has 4 nitrogen and oxygen atoms in total. The van der Waals surface area contributed by atoms with Crippen LogP contribution in [0.25, 0.3) is 0 Å². The Balaban J connectivity index is 2.87. The van der Waals surface area contributed by atoms with Gasteiger partial charge in [0.1, 0.15) is 5.75 Å². The van der Waals surface area contributed by atoms with Crippen molar-refractivity contribution in [3.8, 4) is 5.75 Å². The zero-order valence-electron chi connectivity index (χ0n) is 12.2. The minimum absolute atomic E-state index is 0.178. The number of nitrogens with zero attached hydrogens (tertiary/aromatic N) is 1. The molecule has 0 aromatic heterocycles. The van der Waals surface area contributed by atoms with Crippen molar-refractivity contribution in [3.05, 3.63) is 29.8 Å². The summed E-state index contributed by atoms with van der Waals surface area (Å²) in [6.07, 6.45) is 0.769. The van der Waals surface area contributed by atoms with Gasteiger partial charge in [-0.15, -0.1) is 0 Å². The molecule has 1 rings (SSSR count). The highest BCUT2D eigenvalue weighted by atomic mass is 16.5. The number of methoxy groups -OCH3 is 1. The highest BCUT2D eigenvalue weighted by molar-refractivity contribution is 5.29. The molecule has 4 heteroatoms. The number of benzene rings is 1. The first-order valence-corrected chi connectivity index (χ1v) is 6.84. The molecule has 3 N–H and O–H groups in total. The van der Waals surface area contributed by atoms with Gasteiger partial charge in [0.25, 0.3) is 0 Å². The Kier molecular flexibility index (Phi) is 6.84. The van der Waals surface area contributed by atoms with Gasteiger partial charge in [-0.3, -0.25) is 4.90 Å². The van der Waals surface area contributed by atoms with Crippen molar-refractivity contribution in [2.24, 2.45) is 5.73 Å². The first-order chi connectivity index (χ1) is 9.13. The van der Waals surface area contributed by atoms with Crippen LogP contribution < -0.4 is 10.5 Å². The summed E-state index contributed by atoms with van der Waals surface area (Å²) in [5, 5.41) is 9.02. The maximum atomic E-state index is 9.02. The van der Waals surface area contributed by atoms with Crippen molar-refractivity contribution < 1.29 is 9.84 Å². The second-order valence-electron chi connectivity index (χ2n) is 4.93. The Morgan fingerprint density at radius 2 is 1.89 bits per heavy atom. The lowest BCUT2D eigenvalue weighted by atomic mass is 10.0. The van der Waals surface area contributed by atoms with Gasteiger partial charge in [-0.2, -0.15) is 0 Å². The van der Waals surface area contributed by atoms with Gasteiger partial charge >= 0.3 is 0 Å². The lowest BCUT2D eigenvalue weighted by Crippen LogP contribution is -2.39. The molecular weight excluding hydrogens is 240 g/mol. The van der Waals surface area contributed by atoms with Gasteiger partial charge in [0.05, 0.1) is 7.11 Å². The van der Waals surface area contributed by atoms with E-state index in [0.29, 0.717) is 12.6 Å². The molecule has 19 heavy (non-hydrogen) atoms. The number of rotatable bonds is 8. The number of hydrogen-bond donors (Lipinski definition) is 2. The van der Waals surface area contributed by atoms with Crippen LogP contribution in [0.15, 0.2) is 24.3 Å². The Morgan fingerprint density at radius 1 is 1.26 bits per heavy atom.